The predicted octanol–water partition coefficient (Wildman–Crippen LogP) is 7.09. The Morgan fingerprint density at radius 1 is 0.786 bits per heavy atom. The molecule has 0 aliphatic heterocycles. The summed E-state index contributed by atoms with van der Waals surface area (Å²) in [6, 6.07) is 22.6. The van der Waals surface area contributed by atoms with Crippen molar-refractivity contribution >= 4 is 34.1 Å². The Balaban J connectivity index is 1.90. The van der Waals surface area contributed by atoms with E-state index in [-0.39, 0.29) is 0 Å². The number of halogens is 2. The fraction of sp³-hybridized carbons (Fsp3) is 0.167. The summed E-state index contributed by atoms with van der Waals surface area (Å²) in [5.74, 6) is 0. The van der Waals surface area contributed by atoms with Crippen LogP contribution in [0.1, 0.15) is 18.4 Å². The summed E-state index contributed by atoms with van der Waals surface area (Å²) < 4.78 is 0. The fourth-order valence-electron chi connectivity index (χ4n) is 3.71. The molecule has 1 aromatic heterocycles. The van der Waals surface area contributed by atoms with Gasteiger partial charge in [0.2, 0.25) is 0 Å². The van der Waals surface area contributed by atoms with E-state index in [9.17, 15) is 0 Å². The number of nitrogens with one attached hydrogen (secondary N) is 1. The van der Waals surface area contributed by atoms with Crippen LogP contribution in [0.25, 0.3) is 33.3 Å². The molecule has 28 heavy (non-hydrogen) atoms. The maximum atomic E-state index is 6.53. The van der Waals surface area contributed by atoms with Crippen molar-refractivity contribution in [3.8, 4) is 22.4 Å². The monoisotopic (exact) mass is 408 g/mol. The van der Waals surface area contributed by atoms with Gasteiger partial charge in [-0.1, -0.05) is 65.7 Å². The van der Waals surface area contributed by atoms with Gasteiger partial charge >= 0.3 is 0 Å². The first kappa shape index (κ1) is 19.1. The van der Waals surface area contributed by atoms with E-state index in [1.165, 1.54) is 22.1 Å². The molecule has 142 valence electrons. The second-order valence-corrected chi connectivity index (χ2v) is 7.76. The maximum Gasteiger partial charge on any atom is 0.0527 e. The third-order valence-electron chi connectivity index (χ3n) is 5.11. The Kier molecular flexibility index (Phi) is 5.72. The van der Waals surface area contributed by atoms with Gasteiger partial charge in [-0.25, -0.2) is 0 Å². The van der Waals surface area contributed by atoms with Gasteiger partial charge in [-0.3, -0.25) is 0 Å². The highest BCUT2D eigenvalue weighted by Crippen LogP contribution is 2.40. The molecule has 0 amide bonds. The second-order valence-electron chi connectivity index (χ2n) is 6.95. The van der Waals surface area contributed by atoms with Gasteiger partial charge in [-0.05, 0) is 66.8 Å². The zero-order valence-electron chi connectivity index (χ0n) is 15.5. The zero-order chi connectivity index (χ0) is 19.5. The van der Waals surface area contributed by atoms with Crippen LogP contribution in [0.5, 0.6) is 0 Å². The van der Waals surface area contributed by atoms with Crippen LogP contribution in [-0.2, 0) is 6.42 Å². The Bertz CT molecular complexity index is 1080. The quantitative estimate of drug-likeness (QED) is 0.328. The summed E-state index contributed by atoms with van der Waals surface area (Å²) in [5, 5.41) is 2.52. The van der Waals surface area contributed by atoms with E-state index in [2.05, 4.69) is 47.4 Å². The molecule has 3 aromatic carbocycles. The molecular formula is C24H22Cl2N2. The number of aromatic nitrogens is 1. The first-order chi connectivity index (χ1) is 13.7. The van der Waals surface area contributed by atoms with Crippen LogP contribution in [0.3, 0.4) is 0 Å². The zero-order valence-corrected chi connectivity index (χ0v) is 17.0. The molecule has 0 unspecified atom stereocenters. The number of H-pyrrole nitrogens is 1. The van der Waals surface area contributed by atoms with E-state index in [4.69, 9.17) is 28.9 Å². The minimum absolute atomic E-state index is 0.655. The van der Waals surface area contributed by atoms with Crippen LogP contribution < -0.4 is 5.73 Å². The normalized spacial score (nSPS) is 11.2. The smallest absolute Gasteiger partial charge is 0.0527 e. The first-order valence-corrected chi connectivity index (χ1v) is 10.3. The molecule has 0 saturated carbocycles. The van der Waals surface area contributed by atoms with Crippen molar-refractivity contribution in [3.63, 3.8) is 0 Å². The van der Waals surface area contributed by atoms with E-state index in [0.717, 1.165) is 36.0 Å². The number of unbranched alkanes of at least 4 members (excludes halogenated alkanes) is 1. The Morgan fingerprint density at radius 3 is 2.25 bits per heavy atom. The van der Waals surface area contributed by atoms with Crippen molar-refractivity contribution in [1.29, 1.82) is 0 Å². The molecule has 0 atom stereocenters. The third kappa shape index (κ3) is 3.68. The third-order valence-corrected chi connectivity index (χ3v) is 5.74. The standard InChI is InChI=1S/C24H22Cl2N2/c25-20-10-6-11-21(26)23(20)24-18(9-4-5-14-27)19-15-17(12-13-22(19)28-24)16-7-2-1-3-8-16/h1-3,6-8,10-13,15,28H,4-5,9,14,27H2. The van der Waals surface area contributed by atoms with Crippen LogP contribution in [0.4, 0.5) is 0 Å². The van der Waals surface area contributed by atoms with Gasteiger partial charge in [-0.2, -0.15) is 0 Å². The number of rotatable bonds is 6. The van der Waals surface area contributed by atoms with Gasteiger partial charge in [0.05, 0.1) is 15.7 Å². The second kappa shape index (κ2) is 8.40. The molecule has 0 saturated heterocycles. The van der Waals surface area contributed by atoms with Crippen molar-refractivity contribution in [1.82, 2.24) is 4.98 Å². The van der Waals surface area contributed by atoms with Crippen LogP contribution in [-0.4, -0.2) is 11.5 Å². The largest absolute Gasteiger partial charge is 0.354 e. The molecule has 4 heteroatoms. The number of hydrogen-bond acceptors (Lipinski definition) is 1. The van der Waals surface area contributed by atoms with Gasteiger partial charge in [0, 0.05) is 16.5 Å². The summed E-state index contributed by atoms with van der Waals surface area (Å²) in [6.07, 6.45) is 2.93. The van der Waals surface area contributed by atoms with Gasteiger partial charge in [0.25, 0.3) is 0 Å². The van der Waals surface area contributed by atoms with E-state index in [1.807, 2.05) is 24.3 Å². The molecule has 0 aliphatic rings. The summed E-state index contributed by atoms with van der Waals surface area (Å²) in [6.45, 7) is 0.694. The highest BCUT2D eigenvalue weighted by atomic mass is 35.5. The molecule has 1 heterocycles. The minimum Gasteiger partial charge on any atom is -0.354 e. The Morgan fingerprint density at radius 2 is 1.54 bits per heavy atom. The Hall–Kier alpha value is -2.26. The number of fused-ring (bicyclic) bond motifs is 1. The predicted molar refractivity (Wildman–Crippen MR) is 121 cm³/mol. The average Bonchev–Trinajstić information content (AvgIpc) is 3.06. The van der Waals surface area contributed by atoms with E-state index in [1.54, 1.807) is 0 Å². The lowest BCUT2D eigenvalue weighted by molar-refractivity contribution is 0.748. The highest BCUT2D eigenvalue weighted by Gasteiger charge is 2.18. The van der Waals surface area contributed by atoms with E-state index < -0.39 is 0 Å². The van der Waals surface area contributed by atoms with Gasteiger partial charge in [-0.15, -0.1) is 0 Å². The van der Waals surface area contributed by atoms with Gasteiger partial charge in [0.15, 0.2) is 0 Å². The number of hydrogen-bond donors (Lipinski definition) is 2. The van der Waals surface area contributed by atoms with Gasteiger partial charge < -0.3 is 10.7 Å². The molecule has 4 rings (SSSR count). The molecule has 2 nitrogen and oxygen atoms in total. The van der Waals surface area contributed by atoms with Crippen molar-refractivity contribution in [3.05, 3.63) is 82.3 Å². The highest BCUT2D eigenvalue weighted by molar-refractivity contribution is 6.39. The maximum absolute atomic E-state index is 6.53. The molecular weight excluding hydrogens is 387 g/mol. The molecule has 0 aliphatic carbocycles. The molecule has 4 aromatic rings. The fourth-order valence-corrected chi connectivity index (χ4v) is 4.30. The number of aryl methyl sites for hydroxylation is 1. The molecule has 0 spiro atoms. The van der Waals surface area contributed by atoms with Crippen LogP contribution in [0.2, 0.25) is 10.0 Å². The first-order valence-electron chi connectivity index (χ1n) is 9.53. The number of benzene rings is 3. The average molecular weight is 409 g/mol. The minimum atomic E-state index is 0.655. The van der Waals surface area contributed by atoms with E-state index in [0.29, 0.717) is 16.6 Å². The van der Waals surface area contributed by atoms with Crippen LogP contribution >= 0.6 is 23.2 Å². The van der Waals surface area contributed by atoms with Crippen molar-refractivity contribution in [2.24, 2.45) is 5.73 Å². The summed E-state index contributed by atoms with van der Waals surface area (Å²) in [7, 11) is 0. The summed E-state index contributed by atoms with van der Waals surface area (Å²) in [4.78, 5) is 3.57. The number of aromatic amines is 1. The lowest BCUT2D eigenvalue weighted by atomic mass is 9.97. The molecule has 0 radical (unpaired) electrons. The van der Waals surface area contributed by atoms with Crippen molar-refractivity contribution in [2.45, 2.75) is 19.3 Å². The van der Waals surface area contributed by atoms with Crippen LogP contribution in [0.15, 0.2) is 66.7 Å². The van der Waals surface area contributed by atoms with E-state index >= 15 is 0 Å². The molecule has 0 fully saturated rings. The topological polar surface area (TPSA) is 41.8 Å². The van der Waals surface area contributed by atoms with Crippen molar-refractivity contribution < 1.29 is 0 Å². The lowest BCUT2D eigenvalue weighted by Gasteiger charge is -2.09. The SMILES string of the molecule is NCCCCc1c(-c2c(Cl)cccc2Cl)[nH]c2ccc(-c3ccccc3)cc12. The molecule has 3 N–H and O–H groups in total. The number of nitrogens with two attached hydrogens (primary N) is 1. The summed E-state index contributed by atoms with van der Waals surface area (Å²) in [5.41, 5.74) is 12.3. The Labute approximate surface area is 175 Å². The van der Waals surface area contributed by atoms with Gasteiger partial charge in [0.1, 0.15) is 0 Å². The summed E-state index contributed by atoms with van der Waals surface area (Å²) >= 11 is 13.1. The lowest BCUT2D eigenvalue weighted by Crippen LogP contribution is -1.99. The molecule has 0 bridgehead atoms. The van der Waals surface area contributed by atoms with Crippen LogP contribution in [0, 0.1) is 0 Å². The van der Waals surface area contributed by atoms with Crippen molar-refractivity contribution in [2.75, 3.05) is 6.54 Å².